The van der Waals surface area contributed by atoms with Crippen LogP contribution in [0.1, 0.15) is 20.8 Å². The van der Waals surface area contributed by atoms with E-state index in [0.29, 0.717) is 12.2 Å². The molecule has 0 aromatic heterocycles. The van der Waals surface area contributed by atoms with Crippen LogP contribution in [-0.2, 0) is 4.79 Å². The number of piperazine rings is 1. The van der Waals surface area contributed by atoms with Gasteiger partial charge in [-0.1, -0.05) is 18.2 Å². The van der Waals surface area contributed by atoms with E-state index in [-0.39, 0.29) is 24.0 Å². The zero-order chi connectivity index (χ0) is 16.1. The maximum Gasteiger partial charge on any atom is 0.319 e. The van der Waals surface area contributed by atoms with Gasteiger partial charge >= 0.3 is 6.03 Å². The number of amides is 3. The number of hydrogen-bond donors (Lipinski definition) is 3. The van der Waals surface area contributed by atoms with Gasteiger partial charge in [-0.2, -0.15) is 0 Å². The Kier molecular flexibility index (Phi) is 5.38. The molecule has 1 aliphatic rings. The van der Waals surface area contributed by atoms with E-state index in [4.69, 9.17) is 0 Å². The lowest BCUT2D eigenvalue weighted by atomic mass is 10.1. The molecule has 1 aromatic carbocycles. The minimum atomic E-state index is -0.559. The van der Waals surface area contributed by atoms with Gasteiger partial charge in [0.05, 0.1) is 0 Å². The zero-order valence-electron chi connectivity index (χ0n) is 13.3. The van der Waals surface area contributed by atoms with Gasteiger partial charge in [0.1, 0.15) is 6.04 Å². The smallest absolute Gasteiger partial charge is 0.319 e. The molecule has 0 bridgehead atoms. The number of rotatable bonds is 3. The molecular weight excluding hydrogens is 280 g/mol. The highest BCUT2D eigenvalue weighted by molar-refractivity contribution is 5.93. The van der Waals surface area contributed by atoms with Crippen LogP contribution in [0, 0.1) is 0 Å². The second kappa shape index (κ2) is 7.26. The van der Waals surface area contributed by atoms with Gasteiger partial charge in [-0.05, 0) is 32.9 Å². The van der Waals surface area contributed by atoms with Crippen LogP contribution in [0.2, 0.25) is 0 Å². The lowest BCUT2D eigenvalue weighted by Crippen LogP contribution is -2.60. The third-order valence-corrected chi connectivity index (χ3v) is 4.07. The SMILES string of the molecule is CC(NC(=O)Nc1ccccc1)C(=O)N1CCNC(C)C1C. The summed E-state index contributed by atoms with van der Waals surface area (Å²) in [5.74, 6) is -0.0518. The largest absolute Gasteiger partial charge is 0.335 e. The Morgan fingerprint density at radius 3 is 2.64 bits per heavy atom. The molecular formula is C16H24N4O2. The van der Waals surface area contributed by atoms with Crippen LogP contribution >= 0.6 is 0 Å². The van der Waals surface area contributed by atoms with E-state index in [1.165, 1.54) is 0 Å². The van der Waals surface area contributed by atoms with Gasteiger partial charge < -0.3 is 20.9 Å². The molecule has 3 N–H and O–H groups in total. The van der Waals surface area contributed by atoms with Gasteiger partial charge in [-0.15, -0.1) is 0 Å². The van der Waals surface area contributed by atoms with E-state index in [1.54, 1.807) is 19.1 Å². The second-order valence-corrected chi connectivity index (χ2v) is 5.70. The van der Waals surface area contributed by atoms with Crippen LogP contribution in [0.5, 0.6) is 0 Å². The van der Waals surface area contributed by atoms with Gasteiger partial charge in [0, 0.05) is 30.9 Å². The molecule has 3 unspecified atom stereocenters. The summed E-state index contributed by atoms with van der Waals surface area (Å²) in [6, 6.07) is 8.59. The van der Waals surface area contributed by atoms with Crippen molar-refractivity contribution in [2.45, 2.75) is 38.9 Å². The maximum atomic E-state index is 12.5. The molecule has 0 aliphatic carbocycles. The average Bonchev–Trinajstić information content (AvgIpc) is 2.50. The molecule has 1 saturated heterocycles. The summed E-state index contributed by atoms with van der Waals surface area (Å²) >= 11 is 0. The van der Waals surface area contributed by atoms with Crippen molar-refractivity contribution >= 4 is 17.6 Å². The molecule has 120 valence electrons. The number of benzene rings is 1. The van der Waals surface area contributed by atoms with Crippen molar-refractivity contribution in [2.75, 3.05) is 18.4 Å². The molecule has 1 aromatic rings. The first-order valence-electron chi connectivity index (χ1n) is 7.65. The van der Waals surface area contributed by atoms with E-state index >= 15 is 0 Å². The summed E-state index contributed by atoms with van der Waals surface area (Å²) < 4.78 is 0. The Hall–Kier alpha value is -2.08. The third kappa shape index (κ3) is 3.98. The van der Waals surface area contributed by atoms with E-state index in [2.05, 4.69) is 22.9 Å². The summed E-state index contributed by atoms with van der Waals surface area (Å²) in [5, 5.41) is 8.75. The molecule has 1 heterocycles. The average molecular weight is 304 g/mol. The fraction of sp³-hybridized carbons (Fsp3) is 0.500. The van der Waals surface area contributed by atoms with E-state index in [9.17, 15) is 9.59 Å². The number of hydrogen-bond acceptors (Lipinski definition) is 3. The molecule has 22 heavy (non-hydrogen) atoms. The summed E-state index contributed by atoms with van der Waals surface area (Å²) in [6.45, 7) is 7.24. The maximum absolute atomic E-state index is 12.5. The Bertz CT molecular complexity index is 520. The fourth-order valence-corrected chi connectivity index (χ4v) is 2.56. The molecule has 3 amide bonds. The lowest BCUT2D eigenvalue weighted by Gasteiger charge is -2.39. The number of nitrogens with one attached hydrogen (secondary N) is 3. The number of para-hydroxylation sites is 1. The van der Waals surface area contributed by atoms with Crippen molar-refractivity contribution in [3.63, 3.8) is 0 Å². The Morgan fingerprint density at radius 1 is 1.27 bits per heavy atom. The Balaban J connectivity index is 1.89. The van der Waals surface area contributed by atoms with Crippen LogP contribution < -0.4 is 16.0 Å². The summed E-state index contributed by atoms with van der Waals surface area (Å²) in [7, 11) is 0. The fourth-order valence-electron chi connectivity index (χ4n) is 2.56. The van der Waals surface area contributed by atoms with Crippen molar-refractivity contribution in [1.82, 2.24) is 15.5 Å². The summed E-state index contributed by atoms with van der Waals surface area (Å²) in [4.78, 5) is 26.3. The van der Waals surface area contributed by atoms with E-state index in [1.807, 2.05) is 30.0 Å². The van der Waals surface area contributed by atoms with Gasteiger partial charge in [0.25, 0.3) is 0 Å². The first-order valence-corrected chi connectivity index (χ1v) is 7.65. The van der Waals surface area contributed by atoms with Crippen molar-refractivity contribution in [1.29, 1.82) is 0 Å². The predicted molar refractivity (Wildman–Crippen MR) is 86.7 cm³/mol. The van der Waals surface area contributed by atoms with Gasteiger partial charge in [0.2, 0.25) is 5.91 Å². The minimum Gasteiger partial charge on any atom is -0.335 e. The first kappa shape index (κ1) is 16.3. The molecule has 3 atom stereocenters. The van der Waals surface area contributed by atoms with E-state index < -0.39 is 6.04 Å². The Labute approximate surface area is 131 Å². The first-order chi connectivity index (χ1) is 10.5. The number of anilines is 1. The molecule has 0 saturated carbocycles. The molecule has 6 heteroatoms. The highest BCUT2D eigenvalue weighted by Crippen LogP contribution is 2.11. The number of urea groups is 1. The lowest BCUT2D eigenvalue weighted by molar-refractivity contribution is -0.136. The van der Waals surface area contributed by atoms with Crippen molar-refractivity contribution in [3.8, 4) is 0 Å². The molecule has 1 fully saturated rings. The van der Waals surface area contributed by atoms with Gasteiger partial charge in [-0.25, -0.2) is 4.79 Å². The van der Waals surface area contributed by atoms with Gasteiger partial charge in [-0.3, -0.25) is 4.79 Å². The summed E-state index contributed by atoms with van der Waals surface area (Å²) in [6.07, 6.45) is 0. The molecule has 1 aliphatic heterocycles. The summed E-state index contributed by atoms with van der Waals surface area (Å²) in [5.41, 5.74) is 0.698. The zero-order valence-corrected chi connectivity index (χ0v) is 13.3. The second-order valence-electron chi connectivity index (χ2n) is 5.70. The number of carbonyl (C=O) groups is 2. The number of nitrogens with zero attached hydrogens (tertiary/aromatic N) is 1. The number of carbonyl (C=O) groups excluding carboxylic acids is 2. The monoisotopic (exact) mass is 304 g/mol. The topological polar surface area (TPSA) is 73.5 Å². The van der Waals surface area contributed by atoms with Crippen LogP contribution in [-0.4, -0.2) is 48.1 Å². The van der Waals surface area contributed by atoms with Crippen molar-refractivity contribution < 1.29 is 9.59 Å². The molecule has 6 nitrogen and oxygen atoms in total. The molecule has 2 rings (SSSR count). The minimum absolute atomic E-state index is 0.0518. The predicted octanol–water partition coefficient (Wildman–Crippen LogP) is 1.41. The van der Waals surface area contributed by atoms with Crippen molar-refractivity contribution in [3.05, 3.63) is 30.3 Å². The quantitative estimate of drug-likeness (QED) is 0.790. The highest BCUT2D eigenvalue weighted by Gasteiger charge is 2.31. The standard InChI is InChI=1S/C16H24N4O2/c1-11-13(3)20(10-9-17-11)15(21)12(2)18-16(22)19-14-7-5-4-6-8-14/h4-8,11-13,17H,9-10H2,1-3H3,(H2,18,19,22). The molecule has 0 radical (unpaired) electrons. The van der Waals surface area contributed by atoms with Crippen molar-refractivity contribution in [2.24, 2.45) is 0 Å². The van der Waals surface area contributed by atoms with Crippen LogP contribution in [0.25, 0.3) is 0 Å². The Morgan fingerprint density at radius 2 is 1.95 bits per heavy atom. The molecule has 0 spiro atoms. The van der Waals surface area contributed by atoms with Crippen LogP contribution in [0.3, 0.4) is 0 Å². The highest BCUT2D eigenvalue weighted by atomic mass is 16.2. The third-order valence-electron chi connectivity index (χ3n) is 4.07. The van der Waals surface area contributed by atoms with Gasteiger partial charge in [0.15, 0.2) is 0 Å². The van der Waals surface area contributed by atoms with Crippen LogP contribution in [0.15, 0.2) is 30.3 Å². The van der Waals surface area contributed by atoms with Crippen LogP contribution in [0.4, 0.5) is 10.5 Å². The normalized spacial score (nSPS) is 22.8. The van der Waals surface area contributed by atoms with E-state index in [0.717, 1.165) is 6.54 Å².